The molecular weight excluding hydrogens is 394 g/mol. The van der Waals surface area contributed by atoms with Crippen LogP contribution in [-0.2, 0) is 16.0 Å². The summed E-state index contributed by atoms with van der Waals surface area (Å²) < 4.78 is 2.01. The molecule has 3 aromatic rings. The predicted octanol–water partition coefficient (Wildman–Crippen LogP) is 3.55. The van der Waals surface area contributed by atoms with Crippen LogP contribution in [0.3, 0.4) is 0 Å². The average Bonchev–Trinajstić information content (AvgIpc) is 3.35. The van der Waals surface area contributed by atoms with Crippen molar-refractivity contribution in [2.45, 2.75) is 26.3 Å². The third kappa shape index (κ3) is 4.37. The third-order valence-corrected chi connectivity index (χ3v) is 5.46. The quantitative estimate of drug-likeness (QED) is 0.515. The Morgan fingerprint density at radius 1 is 1.29 bits per heavy atom. The highest BCUT2D eigenvalue weighted by atomic mass is 32.1. The van der Waals surface area contributed by atoms with Gasteiger partial charge in [0.2, 0.25) is 11.8 Å². The number of benzene rings is 1. The van der Waals surface area contributed by atoms with E-state index in [0.29, 0.717) is 10.6 Å². The zero-order valence-corrected chi connectivity index (χ0v) is 17.2. The second-order valence-corrected chi connectivity index (χ2v) is 7.49. The smallest absolute Gasteiger partial charge is 0.243 e. The first-order valence-corrected chi connectivity index (χ1v) is 10.2. The summed E-state index contributed by atoms with van der Waals surface area (Å²) in [4.78, 5) is 25.7. The zero-order valence-electron chi connectivity index (χ0n) is 15.6. The maximum atomic E-state index is 12.6. The number of nitrogens with zero attached hydrogens (tertiary/aromatic N) is 2. The van der Waals surface area contributed by atoms with E-state index in [1.807, 2.05) is 48.7 Å². The molecule has 7 nitrogen and oxygen atoms in total. The third-order valence-electron chi connectivity index (χ3n) is 4.31. The lowest BCUT2D eigenvalue weighted by molar-refractivity contribution is -0.126. The summed E-state index contributed by atoms with van der Waals surface area (Å²) >= 11 is 6.79. The molecule has 0 spiro atoms. The molecule has 2 aromatic heterocycles. The fraction of sp³-hybridized carbons (Fsp3) is 0.263. The number of aromatic nitrogens is 3. The Kier molecular flexibility index (Phi) is 6.37. The second kappa shape index (κ2) is 8.94. The predicted molar refractivity (Wildman–Crippen MR) is 113 cm³/mol. The van der Waals surface area contributed by atoms with Gasteiger partial charge in [0.25, 0.3) is 0 Å². The number of hydrogen-bond acceptors (Lipinski definition) is 5. The number of nitrogens with one attached hydrogen (secondary N) is 3. The van der Waals surface area contributed by atoms with Crippen molar-refractivity contribution in [2.75, 3.05) is 11.9 Å². The van der Waals surface area contributed by atoms with Gasteiger partial charge in [0.15, 0.2) is 10.6 Å². The molecule has 3 N–H and O–H groups in total. The van der Waals surface area contributed by atoms with Crippen molar-refractivity contribution in [3.05, 3.63) is 52.1 Å². The van der Waals surface area contributed by atoms with Crippen LogP contribution in [0.2, 0.25) is 0 Å². The topological polar surface area (TPSA) is 91.8 Å². The van der Waals surface area contributed by atoms with Crippen molar-refractivity contribution in [2.24, 2.45) is 0 Å². The van der Waals surface area contributed by atoms with E-state index in [0.717, 1.165) is 22.5 Å². The van der Waals surface area contributed by atoms with Gasteiger partial charge in [-0.1, -0.05) is 31.2 Å². The van der Waals surface area contributed by atoms with E-state index in [-0.39, 0.29) is 18.4 Å². The van der Waals surface area contributed by atoms with Crippen LogP contribution in [0.15, 0.2) is 41.8 Å². The first kappa shape index (κ1) is 20.0. The van der Waals surface area contributed by atoms with Crippen molar-refractivity contribution < 1.29 is 9.59 Å². The van der Waals surface area contributed by atoms with Crippen molar-refractivity contribution in [3.63, 3.8) is 0 Å². The molecule has 1 unspecified atom stereocenters. The standard InChI is InChI=1S/C19H21N5O2S2/c1-3-13-7-4-5-8-14(13)21-16(25)11-20-18(26)12(2)24-17(22-23-19(24)27)15-9-6-10-28-15/h4-10,12H,3,11H2,1-2H3,(H,20,26)(H,21,25)(H,23,27). The Bertz CT molecular complexity index is 1020. The van der Waals surface area contributed by atoms with E-state index >= 15 is 0 Å². The summed E-state index contributed by atoms with van der Waals surface area (Å²) in [6, 6.07) is 10.8. The van der Waals surface area contributed by atoms with Crippen LogP contribution >= 0.6 is 23.6 Å². The molecule has 1 atom stereocenters. The highest BCUT2D eigenvalue weighted by molar-refractivity contribution is 7.71. The van der Waals surface area contributed by atoms with Crippen LogP contribution in [0.5, 0.6) is 0 Å². The minimum atomic E-state index is -0.612. The molecule has 146 valence electrons. The summed E-state index contributed by atoms with van der Waals surface area (Å²) in [6.45, 7) is 3.62. The molecule has 3 rings (SSSR count). The largest absolute Gasteiger partial charge is 0.345 e. The van der Waals surface area contributed by atoms with Crippen LogP contribution in [0.25, 0.3) is 10.7 Å². The Labute approximate surface area is 171 Å². The fourth-order valence-corrected chi connectivity index (χ4v) is 3.82. The molecule has 28 heavy (non-hydrogen) atoms. The summed E-state index contributed by atoms with van der Waals surface area (Å²) in [5.41, 5.74) is 1.80. The van der Waals surface area contributed by atoms with Gasteiger partial charge >= 0.3 is 0 Å². The number of anilines is 1. The molecule has 9 heteroatoms. The van der Waals surface area contributed by atoms with E-state index in [4.69, 9.17) is 12.2 Å². The molecule has 0 fully saturated rings. The summed E-state index contributed by atoms with van der Waals surface area (Å²) in [5.74, 6) is 0.00827. The van der Waals surface area contributed by atoms with Gasteiger partial charge in [-0.25, -0.2) is 0 Å². The molecule has 2 amide bonds. The lowest BCUT2D eigenvalue weighted by atomic mass is 10.1. The van der Waals surface area contributed by atoms with Crippen LogP contribution in [0, 0.1) is 4.77 Å². The Morgan fingerprint density at radius 3 is 2.79 bits per heavy atom. The van der Waals surface area contributed by atoms with Crippen molar-refractivity contribution in [1.82, 2.24) is 20.1 Å². The van der Waals surface area contributed by atoms with Gasteiger partial charge in [-0.3, -0.25) is 19.3 Å². The van der Waals surface area contributed by atoms with Gasteiger partial charge in [-0.05, 0) is 48.6 Å². The van der Waals surface area contributed by atoms with Gasteiger partial charge < -0.3 is 10.6 Å². The van der Waals surface area contributed by atoms with Crippen LogP contribution in [-0.4, -0.2) is 33.1 Å². The second-order valence-electron chi connectivity index (χ2n) is 6.15. The minimum Gasteiger partial charge on any atom is -0.345 e. The molecule has 0 saturated carbocycles. The molecule has 0 aliphatic carbocycles. The lowest BCUT2D eigenvalue weighted by Gasteiger charge is -2.15. The van der Waals surface area contributed by atoms with E-state index < -0.39 is 6.04 Å². The van der Waals surface area contributed by atoms with E-state index in [1.54, 1.807) is 11.5 Å². The maximum absolute atomic E-state index is 12.6. The number of aromatic amines is 1. The van der Waals surface area contributed by atoms with Gasteiger partial charge in [-0.15, -0.1) is 11.3 Å². The molecule has 2 heterocycles. The number of H-pyrrole nitrogens is 1. The minimum absolute atomic E-state index is 0.124. The van der Waals surface area contributed by atoms with Crippen LogP contribution in [0.4, 0.5) is 5.69 Å². The number of para-hydroxylation sites is 1. The van der Waals surface area contributed by atoms with Crippen molar-refractivity contribution in [1.29, 1.82) is 0 Å². The van der Waals surface area contributed by atoms with Gasteiger partial charge in [-0.2, -0.15) is 5.10 Å². The molecule has 0 aliphatic heterocycles. The van der Waals surface area contributed by atoms with Crippen LogP contribution < -0.4 is 10.6 Å². The van der Waals surface area contributed by atoms with Gasteiger partial charge in [0, 0.05) is 5.69 Å². The zero-order chi connectivity index (χ0) is 20.1. The summed E-state index contributed by atoms with van der Waals surface area (Å²) in [5, 5.41) is 14.4. The first-order valence-electron chi connectivity index (χ1n) is 8.87. The highest BCUT2D eigenvalue weighted by Crippen LogP contribution is 2.25. The normalized spacial score (nSPS) is 11.8. The average molecular weight is 416 g/mol. The first-order chi connectivity index (χ1) is 13.5. The fourth-order valence-electron chi connectivity index (χ4n) is 2.82. The molecule has 0 saturated heterocycles. The number of carbonyl (C=O) groups is 2. The molecule has 0 bridgehead atoms. The number of rotatable bonds is 7. The van der Waals surface area contributed by atoms with E-state index in [9.17, 15) is 9.59 Å². The van der Waals surface area contributed by atoms with Crippen molar-refractivity contribution >= 4 is 41.1 Å². The number of amides is 2. The Morgan fingerprint density at radius 2 is 2.07 bits per heavy atom. The summed E-state index contributed by atoms with van der Waals surface area (Å²) in [7, 11) is 0. The van der Waals surface area contributed by atoms with Gasteiger partial charge in [0.05, 0.1) is 11.4 Å². The molecular formula is C19H21N5O2S2. The maximum Gasteiger partial charge on any atom is 0.243 e. The molecule has 1 aromatic carbocycles. The number of hydrogen-bond donors (Lipinski definition) is 3. The lowest BCUT2D eigenvalue weighted by Crippen LogP contribution is -2.37. The highest BCUT2D eigenvalue weighted by Gasteiger charge is 2.21. The monoisotopic (exact) mass is 415 g/mol. The number of aryl methyl sites for hydroxylation is 1. The Hall–Kier alpha value is -2.78. The van der Waals surface area contributed by atoms with Crippen LogP contribution in [0.1, 0.15) is 25.5 Å². The molecule has 0 radical (unpaired) electrons. The SMILES string of the molecule is CCc1ccccc1NC(=O)CNC(=O)C(C)n1c(-c2cccs2)n[nH]c1=S. The summed E-state index contributed by atoms with van der Waals surface area (Å²) in [6.07, 6.45) is 0.810. The number of carbonyl (C=O) groups excluding carboxylic acids is 2. The van der Waals surface area contributed by atoms with Gasteiger partial charge in [0.1, 0.15) is 6.04 Å². The molecule has 0 aliphatic rings. The number of thiophene rings is 1. The Balaban J connectivity index is 1.65. The van der Waals surface area contributed by atoms with E-state index in [1.165, 1.54) is 11.3 Å². The van der Waals surface area contributed by atoms with Crippen molar-refractivity contribution in [3.8, 4) is 10.7 Å². The van der Waals surface area contributed by atoms with E-state index in [2.05, 4.69) is 20.8 Å².